The summed E-state index contributed by atoms with van der Waals surface area (Å²) in [6, 6.07) is 7.52. The van der Waals surface area contributed by atoms with E-state index in [1.807, 2.05) is 0 Å². The first kappa shape index (κ1) is 11.8. The van der Waals surface area contributed by atoms with Gasteiger partial charge in [0.25, 0.3) is 5.95 Å². The molecule has 2 rings (SSSR count). The van der Waals surface area contributed by atoms with Crippen LogP contribution in [0.4, 0.5) is 8.78 Å². The second kappa shape index (κ2) is 5.10. The molecule has 17 heavy (non-hydrogen) atoms. The number of benzene rings is 1. The molecule has 2 aromatic rings. The Balaban J connectivity index is 2.13. The number of hydrogen-bond donors (Lipinski definition) is 0. The molecule has 0 aliphatic rings. The Kier molecular flexibility index (Phi) is 3.54. The van der Waals surface area contributed by atoms with Crippen molar-refractivity contribution in [2.24, 2.45) is 0 Å². The number of nitrogens with zero attached hydrogens (tertiary/aromatic N) is 1. The Hall–Kier alpha value is -1.68. The van der Waals surface area contributed by atoms with Crippen molar-refractivity contribution in [2.45, 2.75) is 6.61 Å². The van der Waals surface area contributed by atoms with Gasteiger partial charge in [-0.1, -0.05) is 23.7 Å². The molecule has 0 aliphatic heterocycles. The van der Waals surface area contributed by atoms with Crippen LogP contribution in [0.3, 0.4) is 0 Å². The normalized spacial score (nSPS) is 10.3. The first-order valence-corrected chi connectivity index (χ1v) is 5.22. The number of pyridine rings is 1. The van der Waals surface area contributed by atoms with E-state index in [2.05, 4.69) is 4.98 Å². The highest BCUT2D eigenvalue weighted by Gasteiger charge is 2.08. The van der Waals surface area contributed by atoms with Gasteiger partial charge in [0.05, 0.1) is 5.02 Å². The minimum absolute atomic E-state index is 0.0118. The van der Waals surface area contributed by atoms with Crippen molar-refractivity contribution in [1.29, 1.82) is 0 Å². The van der Waals surface area contributed by atoms with Gasteiger partial charge in [0.2, 0.25) is 0 Å². The molecule has 0 fully saturated rings. The molecule has 0 aliphatic carbocycles. The Morgan fingerprint density at radius 2 is 2.00 bits per heavy atom. The van der Waals surface area contributed by atoms with Crippen LogP contribution in [0.1, 0.15) is 5.56 Å². The smallest absolute Gasteiger partial charge is 0.255 e. The molecule has 1 heterocycles. The van der Waals surface area contributed by atoms with Crippen LogP contribution >= 0.6 is 11.6 Å². The standard InChI is InChI=1S/C12H8ClF2NO/c13-9-4-1-3-8(11(9)14)7-17-10-5-2-6-16-12(10)15/h1-6H,7H2. The third-order valence-electron chi connectivity index (χ3n) is 2.14. The number of halogens is 3. The van der Waals surface area contributed by atoms with Gasteiger partial charge < -0.3 is 4.74 Å². The Bertz CT molecular complexity index is 534. The second-order valence-corrected chi connectivity index (χ2v) is 3.70. The number of aromatic nitrogens is 1. The summed E-state index contributed by atoms with van der Waals surface area (Å²) in [5.41, 5.74) is 0.265. The molecule has 0 amide bonds. The van der Waals surface area contributed by atoms with Gasteiger partial charge in [-0.2, -0.15) is 4.39 Å². The highest BCUT2D eigenvalue weighted by atomic mass is 35.5. The summed E-state index contributed by atoms with van der Waals surface area (Å²) in [6.07, 6.45) is 1.31. The number of hydrogen-bond acceptors (Lipinski definition) is 2. The monoisotopic (exact) mass is 255 g/mol. The SMILES string of the molecule is Fc1ncccc1OCc1cccc(Cl)c1F. The van der Waals surface area contributed by atoms with Gasteiger partial charge in [-0.05, 0) is 18.2 Å². The molecule has 0 saturated carbocycles. The maximum Gasteiger partial charge on any atom is 0.255 e. The van der Waals surface area contributed by atoms with E-state index < -0.39 is 11.8 Å². The molecular formula is C12H8ClF2NO. The number of rotatable bonds is 3. The summed E-state index contributed by atoms with van der Waals surface area (Å²) in [7, 11) is 0. The molecule has 0 saturated heterocycles. The third kappa shape index (κ3) is 2.71. The topological polar surface area (TPSA) is 22.1 Å². The van der Waals surface area contributed by atoms with Gasteiger partial charge in [-0.25, -0.2) is 9.37 Å². The molecular weight excluding hydrogens is 248 g/mol. The molecule has 88 valence electrons. The van der Waals surface area contributed by atoms with Crippen LogP contribution in [0.2, 0.25) is 5.02 Å². The summed E-state index contributed by atoms with van der Waals surface area (Å²) in [5, 5.41) is 0.0118. The molecule has 0 radical (unpaired) electrons. The van der Waals surface area contributed by atoms with E-state index in [0.717, 1.165) is 0 Å². The quantitative estimate of drug-likeness (QED) is 0.782. The molecule has 0 N–H and O–H groups in total. The summed E-state index contributed by atoms with van der Waals surface area (Å²) in [6.45, 7) is -0.102. The van der Waals surface area contributed by atoms with E-state index in [-0.39, 0.29) is 22.9 Å². The molecule has 5 heteroatoms. The summed E-state index contributed by atoms with van der Waals surface area (Å²) < 4.78 is 31.7. The van der Waals surface area contributed by atoms with E-state index in [1.54, 1.807) is 6.07 Å². The van der Waals surface area contributed by atoms with Crippen molar-refractivity contribution in [3.63, 3.8) is 0 Å². The lowest BCUT2D eigenvalue weighted by atomic mass is 10.2. The zero-order chi connectivity index (χ0) is 12.3. The Morgan fingerprint density at radius 3 is 2.76 bits per heavy atom. The Morgan fingerprint density at radius 1 is 1.18 bits per heavy atom. The second-order valence-electron chi connectivity index (χ2n) is 3.29. The van der Waals surface area contributed by atoms with Crippen molar-refractivity contribution in [2.75, 3.05) is 0 Å². The average Bonchev–Trinajstić information content (AvgIpc) is 2.33. The fourth-order valence-electron chi connectivity index (χ4n) is 1.29. The summed E-state index contributed by atoms with van der Waals surface area (Å²) in [5.74, 6) is -1.31. The van der Waals surface area contributed by atoms with E-state index in [1.165, 1.54) is 30.5 Å². The largest absolute Gasteiger partial charge is 0.484 e. The van der Waals surface area contributed by atoms with E-state index in [0.29, 0.717) is 0 Å². The van der Waals surface area contributed by atoms with Crippen LogP contribution in [0.15, 0.2) is 36.5 Å². The maximum atomic E-state index is 13.5. The van der Waals surface area contributed by atoms with Crippen LogP contribution in [0, 0.1) is 11.8 Å². The minimum atomic E-state index is -0.727. The molecule has 0 bridgehead atoms. The first-order valence-electron chi connectivity index (χ1n) is 4.84. The predicted molar refractivity (Wildman–Crippen MR) is 59.9 cm³/mol. The molecule has 2 nitrogen and oxygen atoms in total. The highest BCUT2D eigenvalue weighted by Crippen LogP contribution is 2.20. The molecule has 1 aromatic carbocycles. The fraction of sp³-hybridized carbons (Fsp3) is 0.0833. The lowest BCUT2D eigenvalue weighted by molar-refractivity contribution is 0.280. The molecule has 0 atom stereocenters. The maximum absolute atomic E-state index is 13.5. The van der Waals surface area contributed by atoms with Crippen LogP contribution < -0.4 is 4.74 Å². The van der Waals surface area contributed by atoms with Crippen molar-refractivity contribution in [3.05, 3.63) is 58.9 Å². The van der Waals surface area contributed by atoms with Gasteiger partial charge in [-0.15, -0.1) is 0 Å². The molecule has 1 aromatic heterocycles. The van der Waals surface area contributed by atoms with Crippen molar-refractivity contribution >= 4 is 11.6 Å². The Labute approximate surface area is 102 Å². The number of ether oxygens (including phenoxy) is 1. The zero-order valence-electron chi connectivity index (χ0n) is 8.66. The summed E-state index contributed by atoms with van der Waals surface area (Å²) in [4.78, 5) is 3.42. The van der Waals surface area contributed by atoms with Gasteiger partial charge >= 0.3 is 0 Å². The van der Waals surface area contributed by atoms with Gasteiger partial charge in [0, 0.05) is 11.8 Å². The predicted octanol–water partition coefficient (Wildman–Crippen LogP) is 3.59. The van der Waals surface area contributed by atoms with Crippen molar-refractivity contribution < 1.29 is 13.5 Å². The zero-order valence-corrected chi connectivity index (χ0v) is 9.42. The van der Waals surface area contributed by atoms with E-state index >= 15 is 0 Å². The highest BCUT2D eigenvalue weighted by molar-refractivity contribution is 6.30. The summed E-state index contributed by atoms with van der Waals surface area (Å²) >= 11 is 5.61. The van der Waals surface area contributed by atoms with Crippen LogP contribution in [-0.2, 0) is 6.61 Å². The fourth-order valence-corrected chi connectivity index (χ4v) is 1.49. The third-order valence-corrected chi connectivity index (χ3v) is 2.43. The van der Waals surface area contributed by atoms with Crippen molar-refractivity contribution in [1.82, 2.24) is 4.98 Å². The lowest BCUT2D eigenvalue weighted by Gasteiger charge is -2.07. The molecule has 0 spiro atoms. The minimum Gasteiger partial charge on any atom is -0.484 e. The van der Waals surface area contributed by atoms with Crippen LogP contribution in [-0.4, -0.2) is 4.98 Å². The van der Waals surface area contributed by atoms with Gasteiger partial charge in [0.1, 0.15) is 12.4 Å². The lowest BCUT2D eigenvalue weighted by Crippen LogP contribution is -2.01. The van der Waals surface area contributed by atoms with Crippen LogP contribution in [0.25, 0.3) is 0 Å². The van der Waals surface area contributed by atoms with Gasteiger partial charge in [-0.3, -0.25) is 0 Å². The van der Waals surface area contributed by atoms with E-state index in [9.17, 15) is 8.78 Å². The van der Waals surface area contributed by atoms with Crippen molar-refractivity contribution in [3.8, 4) is 5.75 Å². The van der Waals surface area contributed by atoms with E-state index in [4.69, 9.17) is 16.3 Å². The average molecular weight is 256 g/mol. The first-order chi connectivity index (χ1) is 8.18. The van der Waals surface area contributed by atoms with Gasteiger partial charge in [0.15, 0.2) is 5.75 Å². The van der Waals surface area contributed by atoms with Crippen LogP contribution in [0.5, 0.6) is 5.75 Å². The molecule has 0 unspecified atom stereocenters.